The summed E-state index contributed by atoms with van der Waals surface area (Å²) in [5, 5.41) is 1.97. The van der Waals surface area contributed by atoms with E-state index in [1.165, 1.54) is 24.1 Å². The molecule has 6 heteroatoms. The molecule has 0 spiro atoms. The first-order chi connectivity index (χ1) is 13.7. The van der Waals surface area contributed by atoms with Gasteiger partial charge in [0, 0.05) is 12.7 Å². The third-order valence-corrected chi connectivity index (χ3v) is 4.38. The minimum absolute atomic E-state index is 0.218. The summed E-state index contributed by atoms with van der Waals surface area (Å²) < 4.78 is 23.5. The minimum Gasteiger partial charge on any atom is -0.495 e. The fourth-order valence-electron chi connectivity index (χ4n) is 2.45. The Hall–Kier alpha value is -2.83. The lowest BCUT2D eigenvalue weighted by molar-refractivity contribution is 0.413. The molecule has 0 saturated carbocycles. The van der Waals surface area contributed by atoms with Crippen LogP contribution in [0.25, 0.3) is 11.8 Å². The van der Waals surface area contributed by atoms with Gasteiger partial charge in [-0.1, -0.05) is 30.1 Å². The van der Waals surface area contributed by atoms with E-state index in [0.717, 1.165) is 28.3 Å². The first-order valence-electron chi connectivity index (χ1n) is 8.64. The Balaban J connectivity index is 0.00000136. The van der Waals surface area contributed by atoms with Crippen LogP contribution in [-0.2, 0) is 6.54 Å². The van der Waals surface area contributed by atoms with Crippen LogP contribution in [0.1, 0.15) is 16.8 Å². The zero-order chi connectivity index (χ0) is 20.4. The first-order valence-corrected chi connectivity index (χ1v) is 9.52. The van der Waals surface area contributed by atoms with Crippen molar-refractivity contribution in [3.8, 4) is 11.4 Å². The van der Waals surface area contributed by atoms with Gasteiger partial charge in [-0.25, -0.2) is 9.37 Å². The molecule has 0 atom stereocenters. The molecule has 0 aliphatic heterocycles. The molecule has 3 rings (SSSR count). The summed E-state index contributed by atoms with van der Waals surface area (Å²) in [4.78, 5) is 4.25. The van der Waals surface area contributed by atoms with Gasteiger partial charge in [-0.3, -0.25) is 4.72 Å². The van der Waals surface area contributed by atoms with Crippen LogP contribution in [0.5, 0.6) is 5.75 Å². The van der Waals surface area contributed by atoms with Crippen molar-refractivity contribution in [3.63, 3.8) is 0 Å². The van der Waals surface area contributed by atoms with Crippen LogP contribution < -0.4 is 9.46 Å². The van der Waals surface area contributed by atoms with Gasteiger partial charge in [0.15, 0.2) is 0 Å². The van der Waals surface area contributed by atoms with Gasteiger partial charge in [-0.05, 0) is 53.8 Å². The van der Waals surface area contributed by atoms with Crippen LogP contribution >= 0.6 is 11.9 Å². The standard InChI is InChI=1S/C20H20FN3OS.C2H4/c1-15-13-24(14-22-15)19-8-5-16(11-20(19)25-2)9-10-26-23-12-17-3-6-18(21)7-4-17;1-2/h3-11,13-14,23H,12H2,1-2H3;1-2H2/b10-9+;. The van der Waals surface area contributed by atoms with Crippen molar-refractivity contribution in [1.29, 1.82) is 0 Å². The Morgan fingerprint density at radius 3 is 2.61 bits per heavy atom. The smallest absolute Gasteiger partial charge is 0.143 e. The fraction of sp³-hybridized carbons (Fsp3) is 0.136. The van der Waals surface area contributed by atoms with Crippen molar-refractivity contribution >= 4 is 18.0 Å². The SMILES string of the molecule is C=C.COc1cc(/C=C/SNCc2ccc(F)cc2)ccc1-n1cnc(C)c1. The van der Waals surface area contributed by atoms with Crippen LogP contribution in [0, 0.1) is 12.7 Å². The average Bonchev–Trinajstić information content (AvgIpc) is 3.16. The number of hydrogen-bond donors (Lipinski definition) is 1. The molecule has 146 valence electrons. The largest absolute Gasteiger partial charge is 0.495 e. The molecule has 0 saturated heterocycles. The Morgan fingerprint density at radius 2 is 1.96 bits per heavy atom. The topological polar surface area (TPSA) is 39.1 Å². The van der Waals surface area contributed by atoms with Gasteiger partial charge in [-0.15, -0.1) is 13.2 Å². The van der Waals surface area contributed by atoms with Crippen molar-refractivity contribution < 1.29 is 9.13 Å². The van der Waals surface area contributed by atoms with Gasteiger partial charge in [0.05, 0.1) is 24.8 Å². The molecule has 1 heterocycles. The highest BCUT2D eigenvalue weighted by Gasteiger charge is 2.06. The average molecular weight is 398 g/mol. The lowest BCUT2D eigenvalue weighted by atomic mass is 10.2. The summed E-state index contributed by atoms with van der Waals surface area (Å²) in [6, 6.07) is 12.5. The summed E-state index contributed by atoms with van der Waals surface area (Å²) in [5.41, 5.74) is 3.99. The Labute approximate surface area is 169 Å². The number of benzene rings is 2. The predicted molar refractivity (Wildman–Crippen MR) is 116 cm³/mol. The predicted octanol–water partition coefficient (Wildman–Crippen LogP) is 5.54. The maximum Gasteiger partial charge on any atom is 0.143 e. The Kier molecular flexibility index (Phi) is 8.52. The van der Waals surface area contributed by atoms with E-state index in [1.54, 1.807) is 25.6 Å². The molecule has 0 unspecified atom stereocenters. The molecule has 0 radical (unpaired) electrons. The summed E-state index contributed by atoms with van der Waals surface area (Å²) in [7, 11) is 1.66. The van der Waals surface area contributed by atoms with Gasteiger partial charge in [-0.2, -0.15) is 0 Å². The number of rotatable bonds is 7. The monoisotopic (exact) mass is 397 g/mol. The van der Waals surface area contributed by atoms with E-state index in [2.05, 4.69) is 22.9 Å². The number of methoxy groups -OCH3 is 1. The number of hydrogen-bond acceptors (Lipinski definition) is 4. The van der Waals surface area contributed by atoms with E-state index >= 15 is 0 Å². The van der Waals surface area contributed by atoms with Gasteiger partial charge >= 0.3 is 0 Å². The highest BCUT2D eigenvalue weighted by atomic mass is 32.2. The molecule has 0 aliphatic carbocycles. The molecule has 2 aromatic carbocycles. The molecule has 1 N–H and O–H groups in total. The molecule has 1 aromatic heterocycles. The van der Waals surface area contributed by atoms with Crippen LogP contribution in [-0.4, -0.2) is 16.7 Å². The molecular formula is C22H24FN3OS. The summed E-state index contributed by atoms with van der Waals surface area (Å²) in [6.45, 7) is 8.62. The minimum atomic E-state index is -0.218. The number of imidazole rings is 1. The number of halogens is 1. The van der Waals surface area contributed by atoms with Crippen LogP contribution in [0.15, 0.2) is 73.6 Å². The zero-order valence-electron chi connectivity index (χ0n) is 16.1. The van der Waals surface area contributed by atoms with Gasteiger partial charge in [0.2, 0.25) is 0 Å². The first kappa shape index (κ1) is 21.5. The summed E-state index contributed by atoms with van der Waals surface area (Å²) in [5.74, 6) is 0.568. The summed E-state index contributed by atoms with van der Waals surface area (Å²) in [6.07, 6.45) is 5.74. The van der Waals surface area contributed by atoms with Crippen molar-refractivity contribution in [2.75, 3.05) is 7.11 Å². The molecule has 0 amide bonds. The molecule has 0 fully saturated rings. The number of nitrogens with zero attached hydrogens (tertiary/aromatic N) is 2. The van der Waals surface area contributed by atoms with Gasteiger partial charge in [0.25, 0.3) is 0 Å². The summed E-state index contributed by atoms with van der Waals surface area (Å²) >= 11 is 1.48. The van der Waals surface area contributed by atoms with E-state index in [9.17, 15) is 4.39 Å². The highest BCUT2D eigenvalue weighted by Crippen LogP contribution is 2.25. The van der Waals surface area contributed by atoms with E-state index in [1.807, 2.05) is 47.4 Å². The number of aryl methyl sites for hydroxylation is 1. The van der Waals surface area contributed by atoms with Crippen molar-refractivity contribution in [1.82, 2.24) is 14.3 Å². The van der Waals surface area contributed by atoms with E-state index in [-0.39, 0.29) is 5.82 Å². The second kappa shape index (κ2) is 11.1. The van der Waals surface area contributed by atoms with Crippen molar-refractivity contribution in [2.45, 2.75) is 13.5 Å². The number of ether oxygens (including phenoxy) is 1. The van der Waals surface area contributed by atoms with Crippen LogP contribution in [0.2, 0.25) is 0 Å². The molecule has 0 aliphatic rings. The Bertz CT molecular complexity index is 906. The quantitative estimate of drug-likeness (QED) is 0.323. The van der Waals surface area contributed by atoms with E-state index in [4.69, 9.17) is 4.74 Å². The molecular weight excluding hydrogens is 373 g/mol. The number of nitrogens with one attached hydrogen (secondary N) is 1. The van der Waals surface area contributed by atoms with E-state index < -0.39 is 0 Å². The lowest BCUT2D eigenvalue weighted by Gasteiger charge is -2.10. The zero-order valence-corrected chi connectivity index (χ0v) is 16.9. The molecule has 28 heavy (non-hydrogen) atoms. The fourth-order valence-corrected chi connectivity index (χ4v) is 3.02. The van der Waals surface area contributed by atoms with Gasteiger partial charge < -0.3 is 9.30 Å². The highest BCUT2D eigenvalue weighted by molar-refractivity contribution is 8.00. The Morgan fingerprint density at radius 1 is 1.21 bits per heavy atom. The maximum atomic E-state index is 12.9. The maximum absolute atomic E-state index is 12.9. The second-order valence-corrected chi connectivity index (χ2v) is 6.52. The molecule has 3 aromatic rings. The van der Waals surface area contributed by atoms with E-state index in [0.29, 0.717) is 6.54 Å². The second-order valence-electron chi connectivity index (χ2n) is 5.72. The van der Waals surface area contributed by atoms with Crippen LogP contribution in [0.3, 0.4) is 0 Å². The normalized spacial score (nSPS) is 10.5. The van der Waals surface area contributed by atoms with Crippen LogP contribution in [0.4, 0.5) is 4.39 Å². The van der Waals surface area contributed by atoms with Crippen molar-refractivity contribution in [3.05, 3.63) is 96.2 Å². The third kappa shape index (κ3) is 6.11. The molecule has 0 bridgehead atoms. The number of aromatic nitrogens is 2. The lowest BCUT2D eigenvalue weighted by Crippen LogP contribution is -2.01. The van der Waals surface area contributed by atoms with Crippen molar-refractivity contribution in [2.24, 2.45) is 0 Å². The third-order valence-electron chi connectivity index (χ3n) is 3.80. The molecule has 4 nitrogen and oxygen atoms in total. The van der Waals surface area contributed by atoms with Gasteiger partial charge in [0.1, 0.15) is 11.6 Å².